The summed E-state index contributed by atoms with van der Waals surface area (Å²) in [5.74, 6) is 0. The zero-order valence-corrected chi connectivity index (χ0v) is 42.1. The van der Waals surface area contributed by atoms with Gasteiger partial charge in [0.25, 0.3) is 0 Å². The molecule has 0 saturated carbocycles. The molecule has 1 aliphatic rings. The van der Waals surface area contributed by atoms with Gasteiger partial charge in [-0.1, -0.05) is 226 Å². The maximum Gasteiger partial charge on any atom is 0.0546 e. The quantitative estimate of drug-likeness (QED) is 0.127. The second kappa shape index (κ2) is 19.2. The molecule has 0 N–H and O–H groups in total. The van der Waals surface area contributed by atoms with Crippen molar-refractivity contribution in [2.45, 2.75) is 19.3 Å². The summed E-state index contributed by atoms with van der Waals surface area (Å²) in [4.78, 5) is 4.80. The van der Waals surface area contributed by atoms with Crippen LogP contribution in [0.25, 0.3) is 77.5 Å². The summed E-state index contributed by atoms with van der Waals surface area (Å²) >= 11 is 0. The highest BCUT2D eigenvalue weighted by Gasteiger charge is 2.36. The van der Waals surface area contributed by atoms with Crippen molar-refractivity contribution in [2.75, 3.05) is 9.80 Å². The second-order valence-electron chi connectivity index (χ2n) is 20.1. The Balaban J connectivity index is 0.974. The summed E-state index contributed by atoms with van der Waals surface area (Å²) in [7, 11) is 0. The molecule has 0 radical (unpaired) electrons. The van der Waals surface area contributed by atoms with Crippen molar-refractivity contribution in [3.8, 4) is 66.8 Å². The van der Waals surface area contributed by atoms with Gasteiger partial charge in [-0.15, -0.1) is 0 Å². The second-order valence-corrected chi connectivity index (χ2v) is 20.1. The van der Waals surface area contributed by atoms with Crippen LogP contribution in [0.2, 0.25) is 0 Å². The van der Waals surface area contributed by atoms with Crippen LogP contribution in [0.3, 0.4) is 0 Å². The molecule has 0 aromatic heterocycles. The van der Waals surface area contributed by atoms with Crippen LogP contribution in [0.1, 0.15) is 25.0 Å². The lowest BCUT2D eigenvalue weighted by atomic mass is 9.82. The minimum absolute atomic E-state index is 0.160. The van der Waals surface area contributed by atoms with Gasteiger partial charge in [0.1, 0.15) is 0 Å². The summed E-state index contributed by atoms with van der Waals surface area (Å²) in [5, 5.41) is 2.43. The molecule has 0 aliphatic heterocycles. The van der Waals surface area contributed by atoms with Crippen LogP contribution < -0.4 is 9.80 Å². The molecule has 0 spiro atoms. The largest absolute Gasteiger partial charge is 0.311 e. The molecule has 75 heavy (non-hydrogen) atoms. The van der Waals surface area contributed by atoms with E-state index in [2.05, 4.69) is 315 Å². The van der Waals surface area contributed by atoms with E-state index in [1.165, 1.54) is 77.5 Å². The average molecular weight is 959 g/mol. The molecular formula is C73H54N2. The first kappa shape index (κ1) is 45.4. The van der Waals surface area contributed by atoms with E-state index >= 15 is 0 Å². The lowest BCUT2D eigenvalue weighted by Gasteiger charge is -2.30. The normalized spacial score (nSPS) is 12.2. The van der Waals surface area contributed by atoms with Crippen LogP contribution in [0.15, 0.2) is 291 Å². The minimum atomic E-state index is -0.160. The van der Waals surface area contributed by atoms with Crippen molar-refractivity contribution in [3.63, 3.8) is 0 Å². The minimum Gasteiger partial charge on any atom is -0.311 e. The van der Waals surface area contributed by atoms with Crippen molar-refractivity contribution >= 4 is 44.9 Å². The molecule has 0 atom stereocenters. The standard InChI is InChI=1S/C73H54N2/c1-73(2)69-35-21-20-34-63(69)64-46-45-61(48-70(64)73)75(71-47-40-53-26-18-19-33-62(53)72(71)56-27-12-5-13-28-56)60-43-38-55(39-44-60)68-50-65(51-22-8-3-9-23-51)67(49-66(68)52-24-10-4-11-25-52)54-36-41-59(42-37-54)74(57-29-14-6-15-30-57)58-31-16-7-17-32-58/h3-50H,1-2H3. The number of fused-ring (bicyclic) bond motifs is 4. The molecule has 356 valence electrons. The van der Waals surface area contributed by atoms with E-state index in [4.69, 9.17) is 0 Å². The zero-order valence-electron chi connectivity index (χ0n) is 42.1. The van der Waals surface area contributed by atoms with E-state index in [0.717, 1.165) is 45.3 Å². The van der Waals surface area contributed by atoms with Gasteiger partial charge in [-0.05, 0) is 162 Å². The first-order chi connectivity index (χ1) is 37.0. The SMILES string of the molecule is CC1(C)c2ccccc2-c2ccc(N(c3ccc(-c4cc(-c5ccccc5)c(-c5ccc(N(c6ccccc6)c6ccccc6)cc5)cc4-c4ccccc4)cc3)c3ccc4ccccc4c3-c3ccccc3)cc21. The molecule has 0 heterocycles. The van der Waals surface area contributed by atoms with Crippen molar-refractivity contribution in [1.82, 2.24) is 0 Å². The number of rotatable bonds is 11. The van der Waals surface area contributed by atoms with Crippen molar-refractivity contribution in [2.24, 2.45) is 0 Å². The van der Waals surface area contributed by atoms with E-state index < -0.39 is 0 Å². The van der Waals surface area contributed by atoms with Crippen LogP contribution in [0.4, 0.5) is 34.1 Å². The molecular weight excluding hydrogens is 905 g/mol. The number of nitrogens with zero attached hydrogens (tertiary/aromatic N) is 2. The van der Waals surface area contributed by atoms with Gasteiger partial charge in [-0.3, -0.25) is 0 Å². The van der Waals surface area contributed by atoms with Crippen molar-refractivity contribution in [1.29, 1.82) is 0 Å². The van der Waals surface area contributed by atoms with E-state index in [-0.39, 0.29) is 5.41 Å². The van der Waals surface area contributed by atoms with Gasteiger partial charge < -0.3 is 9.80 Å². The monoisotopic (exact) mass is 958 g/mol. The Labute approximate surface area is 440 Å². The fourth-order valence-corrected chi connectivity index (χ4v) is 11.6. The van der Waals surface area contributed by atoms with E-state index in [1.807, 2.05) is 0 Å². The summed E-state index contributed by atoms with van der Waals surface area (Å²) in [6.45, 7) is 4.73. The number of anilines is 6. The molecule has 0 fully saturated rings. The third-order valence-corrected chi connectivity index (χ3v) is 15.3. The Hall–Kier alpha value is -9.50. The first-order valence-corrected chi connectivity index (χ1v) is 26.0. The van der Waals surface area contributed by atoms with Crippen LogP contribution >= 0.6 is 0 Å². The zero-order chi connectivity index (χ0) is 50.3. The molecule has 1 aliphatic carbocycles. The lowest BCUT2D eigenvalue weighted by molar-refractivity contribution is 0.660. The molecule has 0 unspecified atom stereocenters. The molecule has 0 amide bonds. The maximum atomic E-state index is 2.48. The molecule has 2 nitrogen and oxygen atoms in total. The van der Waals surface area contributed by atoms with Crippen molar-refractivity contribution < 1.29 is 0 Å². The van der Waals surface area contributed by atoms with Crippen molar-refractivity contribution in [3.05, 3.63) is 302 Å². The summed E-state index contributed by atoms with van der Waals surface area (Å²) < 4.78 is 0. The van der Waals surface area contributed by atoms with Gasteiger partial charge in [0.05, 0.1) is 5.69 Å². The fourth-order valence-electron chi connectivity index (χ4n) is 11.6. The van der Waals surface area contributed by atoms with Gasteiger partial charge in [0.2, 0.25) is 0 Å². The molecule has 12 aromatic rings. The number of para-hydroxylation sites is 2. The van der Waals surface area contributed by atoms with Gasteiger partial charge >= 0.3 is 0 Å². The molecule has 12 aromatic carbocycles. The summed E-state index contributed by atoms with van der Waals surface area (Å²) in [6, 6.07) is 106. The van der Waals surface area contributed by atoms with E-state index in [1.54, 1.807) is 0 Å². The number of hydrogen-bond acceptors (Lipinski definition) is 2. The van der Waals surface area contributed by atoms with Crippen LogP contribution in [-0.2, 0) is 5.41 Å². The number of benzene rings is 12. The smallest absolute Gasteiger partial charge is 0.0546 e. The predicted octanol–water partition coefficient (Wildman–Crippen LogP) is 20.4. The van der Waals surface area contributed by atoms with Crippen LogP contribution in [0, 0.1) is 0 Å². The Morgan fingerprint density at radius 3 is 1.20 bits per heavy atom. The Morgan fingerprint density at radius 1 is 0.253 bits per heavy atom. The average Bonchev–Trinajstić information content (AvgIpc) is 3.71. The number of hydrogen-bond donors (Lipinski definition) is 0. The van der Waals surface area contributed by atoms with E-state index in [9.17, 15) is 0 Å². The fraction of sp³-hybridized carbons (Fsp3) is 0.0411. The van der Waals surface area contributed by atoms with Gasteiger partial charge in [-0.2, -0.15) is 0 Å². The molecule has 0 saturated heterocycles. The van der Waals surface area contributed by atoms with Crippen LogP contribution in [0.5, 0.6) is 0 Å². The highest BCUT2D eigenvalue weighted by atomic mass is 15.1. The highest BCUT2D eigenvalue weighted by Crippen LogP contribution is 2.52. The van der Waals surface area contributed by atoms with Gasteiger partial charge in [0, 0.05) is 39.4 Å². The lowest BCUT2D eigenvalue weighted by Crippen LogP contribution is -2.17. The maximum absolute atomic E-state index is 2.48. The first-order valence-electron chi connectivity index (χ1n) is 26.0. The summed E-state index contributed by atoms with van der Waals surface area (Å²) in [5.41, 5.74) is 23.5. The Kier molecular flexibility index (Phi) is 11.6. The topological polar surface area (TPSA) is 6.48 Å². The Bertz CT molecular complexity index is 3940. The van der Waals surface area contributed by atoms with Gasteiger partial charge in [-0.25, -0.2) is 0 Å². The predicted molar refractivity (Wildman–Crippen MR) is 318 cm³/mol. The third-order valence-electron chi connectivity index (χ3n) is 15.3. The third kappa shape index (κ3) is 8.27. The van der Waals surface area contributed by atoms with E-state index in [0.29, 0.717) is 0 Å². The Morgan fingerprint density at radius 2 is 0.653 bits per heavy atom. The summed E-state index contributed by atoms with van der Waals surface area (Å²) in [6.07, 6.45) is 0. The molecule has 13 rings (SSSR count). The van der Waals surface area contributed by atoms with Gasteiger partial charge in [0.15, 0.2) is 0 Å². The highest BCUT2D eigenvalue weighted by molar-refractivity contribution is 6.06. The molecule has 0 bridgehead atoms. The molecule has 2 heteroatoms. The van der Waals surface area contributed by atoms with Crippen LogP contribution in [-0.4, -0.2) is 0 Å².